The van der Waals surface area contributed by atoms with Gasteiger partial charge in [0.15, 0.2) is 0 Å². The van der Waals surface area contributed by atoms with Crippen molar-refractivity contribution >= 4 is 28.4 Å². The fourth-order valence-corrected chi connectivity index (χ4v) is 3.97. The van der Waals surface area contributed by atoms with Gasteiger partial charge in [-0.05, 0) is 43.0 Å². The minimum Gasteiger partial charge on any atom is -0.492 e. The van der Waals surface area contributed by atoms with Crippen LogP contribution in [0.2, 0.25) is 5.02 Å². The molecule has 4 nitrogen and oxygen atoms in total. The highest BCUT2D eigenvalue weighted by Gasteiger charge is 2.23. The molecule has 1 aromatic heterocycles. The van der Waals surface area contributed by atoms with E-state index < -0.39 is 0 Å². The van der Waals surface area contributed by atoms with Crippen LogP contribution in [0.5, 0.6) is 5.75 Å². The molecule has 140 valence electrons. The van der Waals surface area contributed by atoms with Crippen molar-refractivity contribution in [3.63, 3.8) is 0 Å². The maximum absolute atomic E-state index is 12.3. The third kappa shape index (κ3) is 4.11. The van der Waals surface area contributed by atoms with Crippen LogP contribution in [0.1, 0.15) is 30.5 Å². The van der Waals surface area contributed by atoms with E-state index in [-0.39, 0.29) is 11.9 Å². The van der Waals surface area contributed by atoms with Crippen molar-refractivity contribution in [1.29, 1.82) is 0 Å². The molecule has 0 saturated heterocycles. The van der Waals surface area contributed by atoms with Crippen LogP contribution in [-0.4, -0.2) is 23.5 Å². The fraction of sp³-hybridized carbons (Fsp3) is 0.318. The van der Waals surface area contributed by atoms with Crippen LogP contribution in [0, 0.1) is 0 Å². The van der Waals surface area contributed by atoms with Crippen LogP contribution >= 0.6 is 11.6 Å². The summed E-state index contributed by atoms with van der Waals surface area (Å²) < 4.78 is 5.64. The average Bonchev–Trinajstić information content (AvgIpc) is 3.04. The first kappa shape index (κ1) is 17.9. The number of amides is 1. The van der Waals surface area contributed by atoms with E-state index in [2.05, 4.69) is 28.5 Å². The quantitative estimate of drug-likeness (QED) is 0.609. The van der Waals surface area contributed by atoms with Gasteiger partial charge < -0.3 is 15.0 Å². The number of para-hydroxylation sites is 2. The highest BCUT2D eigenvalue weighted by molar-refractivity contribution is 6.32. The monoisotopic (exact) mass is 382 g/mol. The molecule has 5 heteroatoms. The number of rotatable bonds is 6. The third-order valence-electron chi connectivity index (χ3n) is 5.10. The molecule has 1 unspecified atom stereocenters. The molecule has 27 heavy (non-hydrogen) atoms. The van der Waals surface area contributed by atoms with Crippen molar-refractivity contribution in [1.82, 2.24) is 10.3 Å². The maximum Gasteiger partial charge on any atom is 0.220 e. The number of hydrogen-bond acceptors (Lipinski definition) is 2. The zero-order valence-electron chi connectivity index (χ0n) is 15.1. The molecule has 1 aliphatic rings. The summed E-state index contributed by atoms with van der Waals surface area (Å²) in [4.78, 5) is 15.8. The molecule has 0 aliphatic heterocycles. The Bertz CT molecular complexity index is 950. The van der Waals surface area contributed by atoms with Gasteiger partial charge in [0.05, 0.1) is 11.6 Å². The zero-order valence-corrected chi connectivity index (χ0v) is 15.9. The van der Waals surface area contributed by atoms with E-state index in [0.717, 1.165) is 19.3 Å². The molecule has 2 aromatic carbocycles. The van der Waals surface area contributed by atoms with E-state index in [1.807, 2.05) is 24.3 Å². The summed E-state index contributed by atoms with van der Waals surface area (Å²) in [6, 6.07) is 16.0. The summed E-state index contributed by atoms with van der Waals surface area (Å²) in [5.74, 6) is 0.750. The molecule has 1 heterocycles. The van der Waals surface area contributed by atoms with Crippen molar-refractivity contribution in [3.8, 4) is 5.75 Å². The van der Waals surface area contributed by atoms with Gasteiger partial charge in [-0.2, -0.15) is 0 Å². The van der Waals surface area contributed by atoms with Gasteiger partial charge in [0.25, 0.3) is 0 Å². The Morgan fingerprint density at radius 3 is 2.89 bits per heavy atom. The minimum atomic E-state index is 0.0855. The van der Waals surface area contributed by atoms with E-state index in [0.29, 0.717) is 30.2 Å². The van der Waals surface area contributed by atoms with Gasteiger partial charge >= 0.3 is 0 Å². The van der Waals surface area contributed by atoms with E-state index >= 15 is 0 Å². The van der Waals surface area contributed by atoms with Crippen LogP contribution in [-0.2, 0) is 17.6 Å². The van der Waals surface area contributed by atoms with Crippen LogP contribution in [0.4, 0.5) is 0 Å². The summed E-state index contributed by atoms with van der Waals surface area (Å²) in [6.07, 6.45) is 3.98. The van der Waals surface area contributed by atoms with E-state index in [9.17, 15) is 4.79 Å². The smallest absolute Gasteiger partial charge is 0.220 e. The molecule has 2 N–H and O–H groups in total. The highest BCUT2D eigenvalue weighted by atomic mass is 35.5. The highest BCUT2D eigenvalue weighted by Crippen LogP contribution is 2.29. The van der Waals surface area contributed by atoms with Crippen molar-refractivity contribution < 1.29 is 9.53 Å². The second-order valence-electron chi connectivity index (χ2n) is 7.02. The molecule has 4 rings (SSSR count). The van der Waals surface area contributed by atoms with E-state index in [1.165, 1.54) is 22.2 Å². The summed E-state index contributed by atoms with van der Waals surface area (Å²) in [5, 5.41) is 5.08. The van der Waals surface area contributed by atoms with Gasteiger partial charge in [-0.15, -0.1) is 0 Å². The number of aromatic amines is 1. The lowest BCUT2D eigenvalue weighted by atomic mass is 9.91. The Labute approximate surface area is 163 Å². The van der Waals surface area contributed by atoms with Crippen molar-refractivity contribution in [3.05, 3.63) is 64.8 Å². The molecule has 1 aliphatic carbocycles. The fourth-order valence-electron chi connectivity index (χ4n) is 3.78. The topological polar surface area (TPSA) is 54.1 Å². The van der Waals surface area contributed by atoms with Gasteiger partial charge in [0, 0.05) is 35.5 Å². The predicted octanol–water partition coefficient (Wildman–Crippen LogP) is 4.65. The number of halogens is 1. The number of aryl methyl sites for hydroxylation is 1. The Morgan fingerprint density at radius 1 is 1.19 bits per heavy atom. The maximum atomic E-state index is 12.3. The van der Waals surface area contributed by atoms with Crippen molar-refractivity contribution in [2.45, 2.75) is 38.1 Å². The number of hydrogen-bond donors (Lipinski definition) is 2. The van der Waals surface area contributed by atoms with E-state index in [1.54, 1.807) is 6.07 Å². The second kappa shape index (κ2) is 8.05. The molecule has 3 aromatic rings. The Hall–Kier alpha value is -2.46. The third-order valence-corrected chi connectivity index (χ3v) is 5.42. The molecule has 0 radical (unpaired) electrons. The SMILES string of the molecule is O=C(CCCOc1ccccc1Cl)NC1CCc2c([nH]c3ccccc23)C1. The number of benzene rings is 2. The molecule has 0 spiro atoms. The van der Waals surface area contributed by atoms with Crippen LogP contribution in [0.3, 0.4) is 0 Å². The standard InChI is InChI=1S/C22H23ClN2O2/c23-18-7-2-4-9-21(18)27-13-5-10-22(26)24-15-11-12-17-16-6-1-3-8-19(16)25-20(17)14-15/h1-4,6-9,15,25H,5,10-14H2,(H,24,26). The lowest BCUT2D eigenvalue weighted by Crippen LogP contribution is -2.38. The summed E-state index contributed by atoms with van der Waals surface area (Å²) in [6.45, 7) is 0.480. The van der Waals surface area contributed by atoms with Crippen LogP contribution < -0.4 is 10.1 Å². The van der Waals surface area contributed by atoms with Gasteiger partial charge in [0.2, 0.25) is 5.91 Å². The molecule has 1 amide bonds. The minimum absolute atomic E-state index is 0.0855. The summed E-state index contributed by atoms with van der Waals surface area (Å²) in [7, 11) is 0. The molecule has 0 fully saturated rings. The normalized spacial score (nSPS) is 16.1. The number of ether oxygens (including phenoxy) is 1. The number of carbonyl (C=O) groups is 1. The van der Waals surface area contributed by atoms with Gasteiger partial charge in [-0.3, -0.25) is 4.79 Å². The lowest BCUT2D eigenvalue weighted by molar-refractivity contribution is -0.122. The largest absolute Gasteiger partial charge is 0.492 e. The second-order valence-corrected chi connectivity index (χ2v) is 7.42. The first-order chi connectivity index (χ1) is 13.2. The van der Waals surface area contributed by atoms with Crippen LogP contribution in [0.15, 0.2) is 48.5 Å². The van der Waals surface area contributed by atoms with Crippen LogP contribution in [0.25, 0.3) is 10.9 Å². The van der Waals surface area contributed by atoms with Gasteiger partial charge in [-0.1, -0.05) is 41.9 Å². The Kier molecular flexibility index (Phi) is 5.35. The summed E-state index contributed by atoms with van der Waals surface area (Å²) >= 11 is 6.06. The molecule has 0 bridgehead atoms. The zero-order chi connectivity index (χ0) is 18.6. The van der Waals surface area contributed by atoms with Gasteiger partial charge in [0.1, 0.15) is 5.75 Å². The molecule has 0 saturated carbocycles. The number of nitrogens with one attached hydrogen (secondary N) is 2. The number of aromatic nitrogens is 1. The number of H-pyrrole nitrogens is 1. The number of carbonyl (C=O) groups excluding carboxylic acids is 1. The molecule has 1 atom stereocenters. The Morgan fingerprint density at radius 2 is 2.00 bits per heavy atom. The van der Waals surface area contributed by atoms with Crippen molar-refractivity contribution in [2.24, 2.45) is 0 Å². The molecular formula is C22H23ClN2O2. The Balaban J connectivity index is 1.25. The van der Waals surface area contributed by atoms with E-state index in [4.69, 9.17) is 16.3 Å². The number of fused-ring (bicyclic) bond motifs is 3. The summed E-state index contributed by atoms with van der Waals surface area (Å²) in [5.41, 5.74) is 3.85. The first-order valence-electron chi connectivity index (χ1n) is 9.46. The predicted molar refractivity (Wildman–Crippen MR) is 108 cm³/mol. The average molecular weight is 383 g/mol. The van der Waals surface area contributed by atoms with Crippen molar-refractivity contribution in [2.75, 3.05) is 6.61 Å². The first-order valence-corrected chi connectivity index (χ1v) is 9.83. The van der Waals surface area contributed by atoms with Gasteiger partial charge in [-0.25, -0.2) is 0 Å². The lowest BCUT2D eigenvalue weighted by Gasteiger charge is -2.23. The molecular weight excluding hydrogens is 360 g/mol.